The fourth-order valence-electron chi connectivity index (χ4n) is 2.87. The van der Waals surface area contributed by atoms with Gasteiger partial charge in [-0.3, -0.25) is 4.68 Å². The van der Waals surface area contributed by atoms with Crippen LogP contribution in [0.15, 0.2) is 48.8 Å². The summed E-state index contributed by atoms with van der Waals surface area (Å²) in [5.41, 5.74) is 12.6. The summed E-state index contributed by atoms with van der Waals surface area (Å²) in [5.74, 6) is 0. The Labute approximate surface area is 139 Å². The van der Waals surface area contributed by atoms with E-state index in [9.17, 15) is 0 Å². The molecule has 0 radical (unpaired) electrons. The lowest BCUT2D eigenvalue weighted by Gasteiger charge is -2.08. The van der Waals surface area contributed by atoms with Crippen molar-refractivity contribution in [2.75, 3.05) is 0 Å². The molecule has 0 amide bonds. The smallest absolute Gasteiger partial charge is 0.156 e. The predicted molar refractivity (Wildman–Crippen MR) is 93.3 cm³/mol. The van der Waals surface area contributed by atoms with E-state index in [0.717, 1.165) is 33.9 Å². The van der Waals surface area contributed by atoms with Crippen molar-refractivity contribution in [3.05, 3.63) is 59.9 Å². The van der Waals surface area contributed by atoms with Crippen molar-refractivity contribution in [1.29, 1.82) is 0 Å². The normalized spacial score (nSPS) is 11.3. The van der Waals surface area contributed by atoms with Crippen molar-refractivity contribution in [3.8, 4) is 22.6 Å². The average Bonchev–Trinajstić information content (AvgIpc) is 3.20. The van der Waals surface area contributed by atoms with Crippen LogP contribution in [0.4, 0.5) is 0 Å². The first-order chi connectivity index (χ1) is 11.7. The molecular weight excluding hydrogens is 300 g/mol. The SMILES string of the molecule is Cc1cc(-c2ccnc3cc(-c4ccn(C)n4)nn23)ccc1CN. The quantitative estimate of drug-likeness (QED) is 0.630. The summed E-state index contributed by atoms with van der Waals surface area (Å²) in [4.78, 5) is 4.42. The van der Waals surface area contributed by atoms with E-state index in [-0.39, 0.29) is 0 Å². The van der Waals surface area contributed by atoms with Gasteiger partial charge in [0, 0.05) is 37.6 Å². The van der Waals surface area contributed by atoms with E-state index in [2.05, 4.69) is 35.2 Å². The van der Waals surface area contributed by atoms with Gasteiger partial charge in [-0.1, -0.05) is 12.1 Å². The molecule has 0 aliphatic carbocycles. The summed E-state index contributed by atoms with van der Waals surface area (Å²) in [6, 6.07) is 12.2. The maximum Gasteiger partial charge on any atom is 0.156 e. The topological polar surface area (TPSA) is 74.0 Å². The first-order valence-corrected chi connectivity index (χ1v) is 7.80. The molecular formula is C18H18N6. The zero-order valence-corrected chi connectivity index (χ0v) is 13.6. The highest BCUT2D eigenvalue weighted by Crippen LogP contribution is 2.25. The van der Waals surface area contributed by atoms with Crippen LogP contribution in [0, 0.1) is 6.92 Å². The molecule has 120 valence electrons. The van der Waals surface area contributed by atoms with Crippen molar-refractivity contribution >= 4 is 5.65 Å². The third-order valence-electron chi connectivity index (χ3n) is 4.19. The lowest BCUT2D eigenvalue weighted by Crippen LogP contribution is -2.00. The summed E-state index contributed by atoms with van der Waals surface area (Å²) >= 11 is 0. The zero-order valence-electron chi connectivity index (χ0n) is 13.6. The van der Waals surface area contributed by atoms with Crippen LogP contribution in [0.5, 0.6) is 0 Å². The first kappa shape index (κ1) is 14.6. The van der Waals surface area contributed by atoms with Crippen molar-refractivity contribution < 1.29 is 0 Å². The second-order valence-corrected chi connectivity index (χ2v) is 5.85. The van der Waals surface area contributed by atoms with Gasteiger partial charge >= 0.3 is 0 Å². The van der Waals surface area contributed by atoms with Crippen LogP contribution in [0.3, 0.4) is 0 Å². The van der Waals surface area contributed by atoms with Crippen LogP contribution in [0.25, 0.3) is 28.3 Å². The van der Waals surface area contributed by atoms with Crippen molar-refractivity contribution in [3.63, 3.8) is 0 Å². The van der Waals surface area contributed by atoms with Gasteiger partial charge in [0.2, 0.25) is 0 Å². The highest BCUT2D eigenvalue weighted by Gasteiger charge is 2.12. The average molecular weight is 318 g/mol. The van der Waals surface area contributed by atoms with Crippen molar-refractivity contribution in [1.82, 2.24) is 24.4 Å². The summed E-state index contributed by atoms with van der Waals surface area (Å²) < 4.78 is 3.63. The predicted octanol–water partition coefficient (Wildman–Crippen LogP) is 2.56. The van der Waals surface area contributed by atoms with Gasteiger partial charge < -0.3 is 5.73 Å². The van der Waals surface area contributed by atoms with Gasteiger partial charge in [0.05, 0.1) is 5.69 Å². The molecule has 3 aromatic heterocycles. The van der Waals surface area contributed by atoms with Crippen molar-refractivity contribution in [2.45, 2.75) is 13.5 Å². The molecule has 24 heavy (non-hydrogen) atoms. The van der Waals surface area contributed by atoms with E-state index in [4.69, 9.17) is 10.8 Å². The van der Waals surface area contributed by atoms with Crippen LogP contribution in [0.1, 0.15) is 11.1 Å². The molecule has 0 aliphatic rings. The van der Waals surface area contributed by atoms with E-state index < -0.39 is 0 Å². The number of fused-ring (bicyclic) bond motifs is 1. The number of nitrogens with two attached hydrogens (primary N) is 1. The fourth-order valence-corrected chi connectivity index (χ4v) is 2.87. The third-order valence-corrected chi connectivity index (χ3v) is 4.19. The third kappa shape index (κ3) is 2.37. The minimum Gasteiger partial charge on any atom is -0.326 e. The second-order valence-electron chi connectivity index (χ2n) is 5.85. The van der Waals surface area contributed by atoms with E-state index in [0.29, 0.717) is 6.54 Å². The Kier molecular flexibility index (Phi) is 3.39. The van der Waals surface area contributed by atoms with E-state index in [1.807, 2.05) is 36.0 Å². The first-order valence-electron chi connectivity index (χ1n) is 7.80. The van der Waals surface area contributed by atoms with E-state index in [1.54, 1.807) is 10.9 Å². The molecule has 0 bridgehead atoms. The van der Waals surface area contributed by atoms with Gasteiger partial charge in [0.1, 0.15) is 11.4 Å². The van der Waals surface area contributed by atoms with Gasteiger partial charge in [-0.05, 0) is 36.2 Å². The molecule has 4 rings (SSSR count). The molecule has 4 aromatic rings. The molecule has 6 nitrogen and oxygen atoms in total. The zero-order chi connectivity index (χ0) is 16.7. The molecule has 2 N–H and O–H groups in total. The summed E-state index contributed by atoms with van der Waals surface area (Å²) in [6.45, 7) is 2.62. The maximum atomic E-state index is 5.76. The Morgan fingerprint density at radius 2 is 1.92 bits per heavy atom. The number of rotatable bonds is 3. The number of nitrogens with zero attached hydrogens (tertiary/aromatic N) is 5. The number of hydrogen-bond donors (Lipinski definition) is 1. The van der Waals surface area contributed by atoms with Gasteiger partial charge in [-0.2, -0.15) is 10.2 Å². The summed E-state index contributed by atoms with van der Waals surface area (Å²) in [5, 5.41) is 9.11. The molecule has 0 atom stereocenters. The molecule has 6 heteroatoms. The Hall–Kier alpha value is -2.99. The largest absolute Gasteiger partial charge is 0.326 e. The number of aryl methyl sites for hydroxylation is 2. The van der Waals surface area contributed by atoms with Gasteiger partial charge in [-0.25, -0.2) is 9.50 Å². The minimum absolute atomic E-state index is 0.545. The summed E-state index contributed by atoms with van der Waals surface area (Å²) in [6.07, 6.45) is 3.71. The maximum absolute atomic E-state index is 5.76. The fraction of sp³-hybridized carbons (Fsp3) is 0.167. The molecule has 0 fully saturated rings. The lowest BCUT2D eigenvalue weighted by atomic mass is 10.0. The van der Waals surface area contributed by atoms with Crippen LogP contribution < -0.4 is 5.73 Å². The van der Waals surface area contributed by atoms with Crippen LogP contribution in [0.2, 0.25) is 0 Å². The molecule has 3 heterocycles. The molecule has 0 unspecified atom stereocenters. The van der Waals surface area contributed by atoms with Crippen LogP contribution in [-0.4, -0.2) is 24.4 Å². The molecule has 0 saturated carbocycles. The van der Waals surface area contributed by atoms with Crippen molar-refractivity contribution in [2.24, 2.45) is 12.8 Å². The van der Waals surface area contributed by atoms with Gasteiger partial charge in [0.25, 0.3) is 0 Å². The van der Waals surface area contributed by atoms with E-state index in [1.165, 1.54) is 5.56 Å². The highest BCUT2D eigenvalue weighted by atomic mass is 15.3. The molecule has 1 aromatic carbocycles. The number of aromatic nitrogens is 5. The summed E-state index contributed by atoms with van der Waals surface area (Å²) in [7, 11) is 1.89. The molecule has 0 spiro atoms. The Bertz CT molecular complexity index is 1030. The Morgan fingerprint density at radius 3 is 2.62 bits per heavy atom. The highest BCUT2D eigenvalue weighted by molar-refractivity contribution is 5.67. The van der Waals surface area contributed by atoms with Crippen LogP contribution in [-0.2, 0) is 13.6 Å². The number of benzene rings is 1. The number of hydrogen-bond acceptors (Lipinski definition) is 4. The van der Waals surface area contributed by atoms with Crippen LogP contribution >= 0.6 is 0 Å². The second kappa shape index (κ2) is 5.58. The minimum atomic E-state index is 0.545. The Balaban J connectivity index is 1.87. The molecule has 0 aliphatic heterocycles. The van der Waals surface area contributed by atoms with E-state index >= 15 is 0 Å². The van der Waals surface area contributed by atoms with Gasteiger partial charge in [-0.15, -0.1) is 0 Å². The molecule has 0 saturated heterocycles. The Morgan fingerprint density at radius 1 is 1.04 bits per heavy atom. The van der Waals surface area contributed by atoms with Gasteiger partial charge in [0.15, 0.2) is 5.65 Å². The standard InChI is InChI=1S/C18H18N6/c1-12-9-13(3-4-14(12)11-19)17-5-7-20-18-10-16(22-24(17)18)15-6-8-23(2)21-15/h3-10H,11,19H2,1-2H3. The monoisotopic (exact) mass is 318 g/mol. The lowest BCUT2D eigenvalue weighted by molar-refractivity contribution is 0.769.